The van der Waals surface area contributed by atoms with Gasteiger partial charge in [0, 0.05) is 12.0 Å². The van der Waals surface area contributed by atoms with Gasteiger partial charge in [0.2, 0.25) is 0 Å². The zero-order valence-corrected chi connectivity index (χ0v) is 8.96. The molecule has 0 heterocycles. The van der Waals surface area contributed by atoms with Crippen LogP contribution in [0.1, 0.15) is 27.2 Å². The molecule has 2 nitrogen and oxygen atoms in total. The van der Waals surface area contributed by atoms with Crippen LogP contribution in [0.15, 0.2) is 36.0 Å². The highest BCUT2D eigenvalue weighted by Crippen LogP contribution is 2.06. The van der Waals surface area contributed by atoms with Gasteiger partial charge in [-0.25, -0.2) is 0 Å². The van der Waals surface area contributed by atoms with E-state index in [1.807, 2.05) is 0 Å². The molecule has 0 spiro atoms. The van der Waals surface area contributed by atoms with Gasteiger partial charge < -0.3 is 0 Å². The molecule has 0 amide bonds. The van der Waals surface area contributed by atoms with Crippen LogP contribution in [0.25, 0.3) is 0 Å². The summed E-state index contributed by atoms with van der Waals surface area (Å²) in [5, 5.41) is 0. The monoisotopic (exact) mass is 192 g/mol. The topological polar surface area (TPSA) is 34.1 Å². The fourth-order valence-corrected chi connectivity index (χ4v) is 0.987. The summed E-state index contributed by atoms with van der Waals surface area (Å²) in [4.78, 5) is 22.3. The van der Waals surface area contributed by atoms with Gasteiger partial charge in [-0.15, -0.1) is 0 Å². The Hall–Kier alpha value is -1.44. The Kier molecular flexibility index (Phi) is 5.46. The minimum absolute atomic E-state index is 0.0567. The van der Waals surface area contributed by atoms with Crippen molar-refractivity contribution >= 4 is 11.6 Å². The molecule has 0 aliphatic carbocycles. The quantitative estimate of drug-likeness (QED) is 0.495. The van der Waals surface area contributed by atoms with E-state index in [9.17, 15) is 9.59 Å². The van der Waals surface area contributed by atoms with Crippen molar-refractivity contribution in [3.05, 3.63) is 36.0 Å². The van der Waals surface area contributed by atoms with E-state index >= 15 is 0 Å². The molecule has 0 saturated heterocycles. The number of hydrogen-bond donors (Lipinski definition) is 0. The lowest BCUT2D eigenvalue weighted by Crippen LogP contribution is -2.00. The highest BCUT2D eigenvalue weighted by Gasteiger charge is 2.04. The number of hydrogen-bond acceptors (Lipinski definition) is 2. The number of allylic oxidation sites excluding steroid dienone is 5. The third-order valence-electron chi connectivity index (χ3n) is 1.84. The van der Waals surface area contributed by atoms with Crippen molar-refractivity contribution in [1.29, 1.82) is 0 Å². The molecular weight excluding hydrogens is 176 g/mol. The molecule has 0 atom stereocenters. The summed E-state index contributed by atoms with van der Waals surface area (Å²) in [5.74, 6) is -0.00522. The van der Waals surface area contributed by atoms with Crippen molar-refractivity contribution in [2.24, 2.45) is 0 Å². The number of carbonyl (C=O) groups excluding carboxylic acids is 2. The van der Waals surface area contributed by atoms with Crippen LogP contribution < -0.4 is 0 Å². The lowest BCUT2D eigenvalue weighted by molar-refractivity contribution is -0.115. The van der Waals surface area contributed by atoms with Crippen molar-refractivity contribution < 1.29 is 9.59 Å². The van der Waals surface area contributed by atoms with Crippen molar-refractivity contribution in [2.45, 2.75) is 27.2 Å². The normalized spacial score (nSPS) is 12.5. The Morgan fingerprint density at radius 1 is 1.29 bits per heavy atom. The minimum atomic E-state index is -0.0619. The molecule has 0 aliphatic heterocycles. The van der Waals surface area contributed by atoms with Crippen LogP contribution in [-0.4, -0.2) is 11.6 Å². The molecule has 0 aliphatic rings. The Bertz CT molecular complexity index is 306. The largest absolute Gasteiger partial charge is 0.295 e. The molecule has 14 heavy (non-hydrogen) atoms. The highest BCUT2D eigenvalue weighted by atomic mass is 16.1. The average molecular weight is 192 g/mol. The summed E-state index contributed by atoms with van der Waals surface area (Å²) < 4.78 is 0. The molecule has 0 N–H and O–H groups in total. The number of ketones is 2. The van der Waals surface area contributed by atoms with Crippen LogP contribution in [0, 0.1) is 0 Å². The Morgan fingerprint density at radius 3 is 2.21 bits per heavy atom. The molecule has 0 rings (SSSR count). The van der Waals surface area contributed by atoms with Crippen LogP contribution in [0.4, 0.5) is 0 Å². The van der Waals surface area contributed by atoms with Crippen LogP contribution in [-0.2, 0) is 9.59 Å². The van der Waals surface area contributed by atoms with Crippen LogP contribution in [0.5, 0.6) is 0 Å². The summed E-state index contributed by atoms with van der Waals surface area (Å²) in [5.41, 5.74) is 1.12. The molecule has 0 aromatic heterocycles. The predicted molar refractivity (Wildman–Crippen MR) is 58.0 cm³/mol. The molecule has 0 radical (unpaired) electrons. The lowest BCUT2D eigenvalue weighted by Gasteiger charge is -1.99. The first kappa shape index (κ1) is 12.6. The maximum atomic E-state index is 11.2. The van der Waals surface area contributed by atoms with Gasteiger partial charge >= 0.3 is 0 Å². The summed E-state index contributed by atoms with van der Waals surface area (Å²) in [7, 11) is 0. The highest BCUT2D eigenvalue weighted by molar-refractivity contribution is 6.01. The smallest absolute Gasteiger partial charge is 0.159 e. The Labute approximate surface area is 85.0 Å². The van der Waals surface area contributed by atoms with E-state index in [0.717, 1.165) is 0 Å². The van der Waals surface area contributed by atoms with E-state index < -0.39 is 0 Å². The first-order valence-electron chi connectivity index (χ1n) is 4.58. The van der Waals surface area contributed by atoms with Gasteiger partial charge in [-0.05, 0) is 25.5 Å². The first-order valence-corrected chi connectivity index (χ1v) is 4.58. The fraction of sp³-hybridized carbons (Fsp3) is 0.333. The van der Waals surface area contributed by atoms with Gasteiger partial charge in [0.25, 0.3) is 0 Å². The van der Waals surface area contributed by atoms with Gasteiger partial charge in [-0.3, -0.25) is 9.59 Å². The van der Waals surface area contributed by atoms with Crippen LogP contribution in [0.3, 0.4) is 0 Å². The molecule has 2 heteroatoms. The van der Waals surface area contributed by atoms with Gasteiger partial charge in [-0.2, -0.15) is 0 Å². The second kappa shape index (κ2) is 6.08. The second-order valence-corrected chi connectivity index (χ2v) is 3.02. The third-order valence-corrected chi connectivity index (χ3v) is 1.84. The third kappa shape index (κ3) is 3.99. The second-order valence-electron chi connectivity index (χ2n) is 3.02. The maximum absolute atomic E-state index is 11.2. The number of carbonyl (C=O) groups is 2. The van der Waals surface area contributed by atoms with E-state index in [4.69, 9.17) is 0 Å². The SMILES string of the molecule is C=C/C=C(\C=C(/C)C(=O)CC)C(C)=O. The average Bonchev–Trinajstić information content (AvgIpc) is 2.15. The Morgan fingerprint density at radius 2 is 1.86 bits per heavy atom. The van der Waals surface area contributed by atoms with Crippen molar-refractivity contribution in [3.8, 4) is 0 Å². The molecule has 0 bridgehead atoms. The van der Waals surface area contributed by atoms with E-state index in [1.165, 1.54) is 13.0 Å². The van der Waals surface area contributed by atoms with E-state index in [0.29, 0.717) is 17.6 Å². The molecule has 76 valence electrons. The van der Waals surface area contributed by atoms with Gasteiger partial charge in [0.15, 0.2) is 11.6 Å². The van der Waals surface area contributed by atoms with E-state index in [1.54, 1.807) is 26.0 Å². The molecule has 0 aromatic carbocycles. The van der Waals surface area contributed by atoms with Gasteiger partial charge in [0.1, 0.15) is 0 Å². The summed E-state index contributed by atoms with van der Waals surface area (Å²) in [6, 6.07) is 0. The zero-order valence-electron chi connectivity index (χ0n) is 8.96. The van der Waals surface area contributed by atoms with E-state index in [-0.39, 0.29) is 11.6 Å². The van der Waals surface area contributed by atoms with Crippen molar-refractivity contribution in [2.75, 3.05) is 0 Å². The number of Topliss-reactive ketones (excluding diaryl/α,β-unsaturated/α-hetero) is 2. The van der Waals surface area contributed by atoms with Gasteiger partial charge in [0.05, 0.1) is 0 Å². The fourth-order valence-electron chi connectivity index (χ4n) is 0.987. The molecule has 0 aromatic rings. The molecule has 0 fully saturated rings. The minimum Gasteiger partial charge on any atom is -0.295 e. The molecule has 0 saturated carbocycles. The zero-order chi connectivity index (χ0) is 11.1. The van der Waals surface area contributed by atoms with Gasteiger partial charge in [-0.1, -0.05) is 25.7 Å². The van der Waals surface area contributed by atoms with E-state index in [2.05, 4.69) is 6.58 Å². The number of rotatable bonds is 5. The van der Waals surface area contributed by atoms with Crippen molar-refractivity contribution in [3.63, 3.8) is 0 Å². The first-order chi connectivity index (χ1) is 6.52. The standard InChI is InChI=1S/C12H16O2/c1-5-7-11(10(4)13)8-9(3)12(14)6-2/h5,7-8H,1,6H2,2-4H3/b9-8+,11-7+. The molecular formula is C12H16O2. The van der Waals surface area contributed by atoms with Crippen LogP contribution >= 0.6 is 0 Å². The summed E-state index contributed by atoms with van der Waals surface area (Å²) in [6.45, 7) is 8.49. The summed E-state index contributed by atoms with van der Waals surface area (Å²) in [6.07, 6.45) is 5.21. The predicted octanol–water partition coefficient (Wildman–Crippen LogP) is 2.61. The van der Waals surface area contributed by atoms with Crippen molar-refractivity contribution in [1.82, 2.24) is 0 Å². The summed E-state index contributed by atoms with van der Waals surface area (Å²) >= 11 is 0. The van der Waals surface area contributed by atoms with Crippen LogP contribution in [0.2, 0.25) is 0 Å². The lowest BCUT2D eigenvalue weighted by atomic mass is 10.0. The maximum Gasteiger partial charge on any atom is 0.159 e. The Balaban J connectivity index is 4.91. The molecule has 0 unspecified atom stereocenters.